The fourth-order valence-corrected chi connectivity index (χ4v) is 4.04. The van der Waals surface area contributed by atoms with Crippen molar-refractivity contribution in [3.63, 3.8) is 0 Å². The van der Waals surface area contributed by atoms with E-state index in [1.165, 1.54) is 7.11 Å². The zero-order chi connectivity index (χ0) is 16.0. The Morgan fingerprint density at radius 3 is 2.73 bits per heavy atom. The van der Waals surface area contributed by atoms with E-state index in [0.717, 1.165) is 19.9 Å². The Hall–Kier alpha value is -1.73. The Morgan fingerprint density at radius 1 is 1.32 bits per heavy atom. The molecule has 0 radical (unpaired) electrons. The molecule has 1 atom stereocenters. The maximum Gasteiger partial charge on any atom is 0.256 e. The van der Waals surface area contributed by atoms with Crippen LogP contribution in [0.1, 0.15) is 32.5 Å². The first kappa shape index (κ1) is 15.2. The van der Waals surface area contributed by atoms with Crippen LogP contribution in [0.25, 0.3) is 0 Å². The zero-order valence-electron chi connectivity index (χ0n) is 12.3. The summed E-state index contributed by atoms with van der Waals surface area (Å²) in [5.74, 6) is 0.223. The van der Waals surface area contributed by atoms with Gasteiger partial charge >= 0.3 is 0 Å². The lowest BCUT2D eigenvalue weighted by Gasteiger charge is -2.27. The number of thiophene rings is 1. The lowest BCUT2D eigenvalue weighted by Crippen LogP contribution is -2.38. The molecule has 7 heteroatoms. The summed E-state index contributed by atoms with van der Waals surface area (Å²) in [5.41, 5.74) is 2.22. The highest BCUT2D eigenvalue weighted by molar-refractivity contribution is 9.10. The van der Waals surface area contributed by atoms with Gasteiger partial charge in [-0.05, 0) is 31.5 Å². The number of ether oxygens (including phenoxy) is 1. The predicted octanol–water partition coefficient (Wildman–Crippen LogP) is 3.70. The normalized spacial score (nSPS) is 16.7. The molecule has 2 aromatic rings. The van der Waals surface area contributed by atoms with Crippen LogP contribution < -0.4 is 15.4 Å². The number of fused-ring (bicyclic) bond motifs is 1. The highest BCUT2D eigenvalue weighted by atomic mass is 79.9. The molecule has 0 saturated heterocycles. The molecule has 0 fully saturated rings. The zero-order valence-corrected chi connectivity index (χ0v) is 14.7. The number of rotatable bonds is 2. The van der Waals surface area contributed by atoms with Crippen molar-refractivity contribution >= 4 is 38.2 Å². The number of methoxy groups -OCH3 is 1. The fourth-order valence-electron chi connectivity index (χ4n) is 2.50. The van der Waals surface area contributed by atoms with Crippen molar-refractivity contribution in [2.75, 3.05) is 12.4 Å². The van der Waals surface area contributed by atoms with E-state index in [1.807, 2.05) is 13.8 Å². The van der Waals surface area contributed by atoms with Crippen molar-refractivity contribution in [3.8, 4) is 11.5 Å². The van der Waals surface area contributed by atoms with E-state index in [1.54, 1.807) is 23.5 Å². The average molecular weight is 383 g/mol. The number of aromatic hydroxyl groups is 1. The van der Waals surface area contributed by atoms with Gasteiger partial charge in [-0.1, -0.05) is 15.9 Å². The van der Waals surface area contributed by atoms with E-state index in [0.29, 0.717) is 16.9 Å². The maximum atomic E-state index is 12.4. The molecule has 1 aromatic heterocycles. The topological polar surface area (TPSA) is 70.6 Å². The Kier molecular flexibility index (Phi) is 3.78. The van der Waals surface area contributed by atoms with Crippen LogP contribution >= 0.6 is 27.3 Å². The number of nitrogens with one attached hydrogen (secondary N) is 2. The van der Waals surface area contributed by atoms with Gasteiger partial charge in [0.25, 0.3) is 5.91 Å². The molecule has 0 aliphatic carbocycles. The van der Waals surface area contributed by atoms with Gasteiger partial charge in [-0.3, -0.25) is 4.79 Å². The van der Waals surface area contributed by atoms with Crippen LogP contribution in [0, 0.1) is 13.8 Å². The highest BCUT2D eigenvalue weighted by Gasteiger charge is 2.31. The second-order valence-corrected chi connectivity index (χ2v) is 7.22. The first-order valence-electron chi connectivity index (χ1n) is 6.66. The van der Waals surface area contributed by atoms with E-state index in [2.05, 4.69) is 26.6 Å². The number of phenols is 1. The SMILES string of the molecule is COc1cc(Br)cc(C2NC(=O)c3c(sc(C)c3C)N2)c1O. The standard InChI is InChI=1S/C15H15BrN2O3S/c1-6-7(2)22-15-11(6)14(20)17-13(18-15)9-4-8(16)5-10(21-3)12(9)19/h4-5,13,18-19H,1-3H3,(H,17,20). The summed E-state index contributed by atoms with van der Waals surface area (Å²) in [6.45, 7) is 3.92. The van der Waals surface area contributed by atoms with E-state index in [4.69, 9.17) is 4.74 Å². The van der Waals surface area contributed by atoms with Gasteiger partial charge in [-0.15, -0.1) is 11.3 Å². The number of hydrogen-bond donors (Lipinski definition) is 3. The summed E-state index contributed by atoms with van der Waals surface area (Å²) in [5, 5.41) is 17.3. The van der Waals surface area contributed by atoms with Gasteiger partial charge in [-0.2, -0.15) is 0 Å². The lowest BCUT2D eigenvalue weighted by molar-refractivity contribution is 0.0935. The Morgan fingerprint density at radius 2 is 2.05 bits per heavy atom. The Bertz CT molecular complexity index is 773. The van der Waals surface area contributed by atoms with Crippen LogP contribution in [-0.2, 0) is 0 Å². The van der Waals surface area contributed by atoms with Crippen LogP contribution in [0.5, 0.6) is 11.5 Å². The second kappa shape index (κ2) is 5.48. The van der Waals surface area contributed by atoms with E-state index >= 15 is 0 Å². The first-order chi connectivity index (χ1) is 10.4. The van der Waals surface area contributed by atoms with Crippen LogP contribution in [0.15, 0.2) is 16.6 Å². The first-order valence-corrected chi connectivity index (χ1v) is 8.27. The van der Waals surface area contributed by atoms with E-state index in [-0.39, 0.29) is 11.7 Å². The minimum absolute atomic E-state index is 0.0111. The summed E-state index contributed by atoms with van der Waals surface area (Å²) >= 11 is 4.93. The smallest absolute Gasteiger partial charge is 0.256 e. The molecule has 0 spiro atoms. The van der Waals surface area contributed by atoms with Crippen LogP contribution in [0.2, 0.25) is 0 Å². The number of aryl methyl sites for hydroxylation is 1. The Balaban J connectivity index is 2.05. The van der Waals surface area contributed by atoms with Crippen molar-refractivity contribution < 1.29 is 14.6 Å². The van der Waals surface area contributed by atoms with E-state index in [9.17, 15) is 9.90 Å². The molecule has 5 nitrogen and oxygen atoms in total. The number of halogens is 1. The molecule has 22 heavy (non-hydrogen) atoms. The van der Waals surface area contributed by atoms with E-state index < -0.39 is 6.17 Å². The molecule has 1 amide bonds. The molecule has 0 saturated carbocycles. The predicted molar refractivity (Wildman–Crippen MR) is 90.0 cm³/mol. The number of benzene rings is 1. The number of phenolic OH excluding ortho intramolecular Hbond substituents is 1. The second-order valence-electron chi connectivity index (χ2n) is 5.08. The number of amides is 1. The third kappa shape index (κ3) is 2.34. The summed E-state index contributed by atoms with van der Waals surface area (Å²) in [4.78, 5) is 13.5. The average Bonchev–Trinajstić information content (AvgIpc) is 2.76. The van der Waals surface area contributed by atoms with Crippen molar-refractivity contribution in [3.05, 3.63) is 38.2 Å². The van der Waals surface area contributed by atoms with Gasteiger partial charge in [0, 0.05) is 14.9 Å². The van der Waals surface area contributed by atoms with Crippen LogP contribution in [-0.4, -0.2) is 18.1 Å². The fraction of sp³-hybridized carbons (Fsp3) is 0.267. The quantitative estimate of drug-likeness (QED) is 0.740. The van der Waals surface area contributed by atoms with Crippen molar-refractivity contribution in [2.45, 2.75) is 20.0 Å². The van der Waals surface area contributed by atoms with Crippen molar-refractivity contribution in [1.29, 1.82) is 0 Å². The molecule has 116 valence electrons. The molecule has 1 aliphatic heterocycles. The number of hydrogen-bond acceptors (Lipinski definition) is 5. The van der Waals surface area contributed by atoms with Gasteiger partial charge in [0.05, 0.1) is 12.7 Å². The van der Waals surface area contributed by atoms with Crippen molar-refractivity contribution in [2.24, 2.45) is 0 Å². The monoisotopic (exact) mass is 382 g/mol. The minimum Gasteiger partial charge on any atom is -0.504 e. The van der Waals surface area contributed by atoms with Gasteiger partial charge in [-0.25, -0.2) is 0 Å². The molecule has 1 aliphatic rings. The molecule has 1 unspecified atom stereocenters. The van der Waals surface area contributed by atoms with Gasteiger partial charge < -0.3 is 20.5 Å². The number of carbonyl (C=O) groups is 1. The molecular formula is C15H15BrN2O3S. The summed E-state index contributed by atoms with van der Waals surface area (Å²) in [6, 6.07) is 3.43. The van der Waals surface area contributed by atoms with Gasteiger partial charge in [0.15, 0.2) is 11.5 Å². The summed E-state index contributed by atoms with van der Waals surface area (Å²) in [6.07, 6.45) is -0.510. The third-order valence-corrected chi connectivity index (χ3v) is 5.36. The van der Waals surface area contributed by atoms with Gasteiger partial charge in [0.2, 0.25) is 0 Å². The number of anilines is 1. The summed E-state index contributed by atoms with van der Waals surface area (Å²) < 4.78 is 5.92. The lowest BCUT2D eigenvalue weighted by atomic mass is 10.1. The minimum atomic E-state index is -0.510. The largest absolute Gasteiger partial charge is 0.504 e. The Labute approximate surface area is 140 Å². The third-order valence-electron chi connectivity index (χ3n) is 3.76. The van der Waals surface area contributed by atoms with Gasteiger partial charge in [0.1, 0.15) is 11.2 Å². The maximum absolute atomic E-state index is 12.4. The molecule has 2 heterocycles. The van der Waals surface area contributed by atoms with Crippen LogP contribution in [0.3, 0.4) is 0 Å². The molecule has 3 N–H and O–H groups in total. The highest BCUT2D eigenvalue weighted by Crippen LogP contribution is 2.41. The molecule has 0 bridgehead atoms. The molecule has 3 rings (SSSR count). The number of carbonyl (C=O) groups excluding carboxylic acids is 1. The summed E-state index contributed by atoms with van der Waals surface area (Å²) in [7, 11) is 1.49. The molecular weight excluding hydrogens is 368 g/mol. The van der Waals surface area contributed by atoms with Crippen LogP contribution in [0.4, 0.5) is 5.00 Å². The molecule has 1 aromatic carbocycles. The van der Waals surface area contributed by atoms with Crippen molar-refractivity contribution in [1.82, 2.24) is 5.32 Å².